The number of hydrogen-bond donors (Lipinski definition) is 1. The molecule has 2 aromatic carbocycles. The Hall–Kier alpha value is -2.20. The fraction of sp³-hybridized carbons (Fsp3) is 0.0588. The maximum atomic E-state index is 4.70. The molecule has 0 atom stereocenters. The molecule has 0 spiro atoms. The van der Waals surface area contributed by atoms with Crippen LogP contribution in [-0.4, -0.2) is 17.0 Å². The lowest BCUT2D eigenvalue weighted by Crippen LogP contribution is -1.99. The quantitative estimate of drug-likeness (QED) is 0.756. The molecule has 0 saturated carbocycles. The summed E-state index contributed by atoms with van der Waals surface area (Å²) in [7, 11) is 1.86. The van der Waals surface area contributed by atoms with E-state index in [4.69, 9.17) is 4.98 Å². The second-order valence-electron chi connectivity index (χ2n) is 4.56. The summed E-state index contributed by atoms with van der Waals surface area (Å²) in [6, 6.07) is 20.0. The molecule has 4 heteroatoms. The zero-order valence-electron chi connectivity index (χ0n) is 11.5. The molecule has 1 N–H and O–H groups in total. The fourth-order valence-electron chi connectivity index (χ4n) is 2.10. The molecular weight excluding hydrogens is 326 g/mol. The number of hydrogen-bond acceptors (Lipinski definition) is 3. The van der Waals surface area contributed by atoms with Crippen LogP contribution in [0.3, 0.4) is 0 Å². The van der Waals surface area contributed by atoms with Gasteiger partial charge >= 0.3 is 0 Å². The van der Waals surface area contributed by atoms with Gasteiger partial charge in [-0.1, -0.05) is 64.5 Å². The molecule has 0 bridgehead atoms. The van der Waals surface area contributed by atoms with E-state index in [0.29, 0.717) is 5.82 Å². The van der Waals surface area contributed by atoms with Gasteiger partial charge in [-0.05, 0) is 6.07 Å². The van der Waals surface area contributed by atoms with Crippen molar-refractivity contribution in [3.05, 3.63) is 65.1 Å². The van der Waals surface area contributed by atoms with E-state index in [0.717, 1.165) is 27.1 Å². The Kier molecular flexibility index (Phi) is 3.97. The minimum Gasteiger partial charge on any atom is -0.373 e. The van der Waals surface area contributed by atoms with Crippen LogP contribution in [0.15, 0.2) is 65.1 Å². The van der Waals surface area contributed by atoms with E-state index in [9.17, 15) is 0 Å². The minimum atomic E-state index is 0.716. The topological polar surface area (TPSA) is 37.8 Å². The number of anilines is 1. The van der Waals surface area contributed by atoms with Crippen LogP contribution in [-0.2, 0) is 0 Å². The van der Waals surface area contributed by atoms with Crippen molar-refractivity contribution in [2.24, 2.45) is 0 Å². The van der Waals surface area contributed by atoms with E-state index in [2.05, 4.69) is 26.2 Å². The van der Waals surface area contributed by atoms with Gasteiger partial charge in [0.15, 0.2) is 5.82 Å². The van der Waals surface area contributed by atoms with E-state index in [1.807, 2.05) is 67.7 Å². The monoisotopic (exact) mass is 339 g/mol. The first-order valence-electron chi connectivity index (χ1n) is 6.65. The fourth-order valence-corrected chi connectivity index (χ4v) is 2.59. The van der Waals surface area contributed by atoms with Crippen molar-refractivity contribution in [2.45, 2.75) is 0 Å². The van der Waals surface area contributed by atoms with Crippen molar-refractivity contribution >= 4 is 21.7 Å². The van der Waals surface area contributed by atoms with Gasteiger partial charge in [0.05, 0.1) is 5.69 Å². The third kappa shape index (κ3) is 2.95. The number of halogens is 1. The van der Waals surface area contributed by atoms with Crippen molar-refractivity contribution < 1.29 is 0 Å². The molecule has 0 radical (unpaired) electrons. The molecular formula is C17H14BrN3. The van der Waals surface area contributed by atoms with Gasteiger partial charge in [0, 0.05) is 28.7 Å². The Morgan fingerprint density at radius 2 is 1.62 bits per heavy atom. The van der Waals surface area contributed by atoms with E-state index in [-0.39, 0.29) is 0 Å². The normalized spacial score (nSPS) is 10.4. The van der Waals surface area contributed by atoms with E-state index >= 15 is 0 Å². The first kappa shape index (κ1) is 13.8. The first-order valence-corrected chi connectivity index (χ1v) is 7.44. The molecule has 0 aliphatic heterocycles. The SMILES string of the molecule is CNc1cc(-c2ccccc2Br)nc(-c2ccccc2)n1. The Labute approximate surface area is 132 Å². The predicted molar refractivity (Wildman–Crippen MR) is 90.2 cm³/mol. The molecule has 21 heavy (non-hydrogen) atoms. The lowest BCUT2D eigenvalue weighted by molar-refractivity contribution is 1.17. The number of benzene rings is 2. The summed E-state index contributed by atoms with van der Waals surface area (Å²) in [6.45, 7) is 0. The summed E-state index contributed by atoms with van der Waals surface area (Å²) in [5.41, 5.74) is 2.94. The van der Waals surface area contributed by atoms with Crippen LogP contribution in [0.4, 0.5) is 5.82 Å². The third-order valence-corrected chi connectivity index (χ3v) is 3.86. The van der Waals surface area contributed by atoms with Crippen LogP contribution in [0.1, 0.15) is 0 Å². The summed E-state index contributed by atoms with van der Waals surface area (Å²) < 4.78 is 1.02. The highest BCUT2D eigenvalue weighted by Crippen LogP contribution is 2.29. The highest BCUT2D eigenvalue weighted by atomic mass is 79.9. The van der Waals surface area contributed by atoms with Crippen LogP contribution in [0.2, 0.25) is 0 Å². The number of nitrogens with one attached hydrogen (secondary N) is 1. The molecule has 3 aromatic rings. The van der Waals surface area contributed by atoms with Crippen molar-refractivity contribution in [3.63, 3.8) is 0 Å². The van der Waals surface area contributed by atoms with E-state index < -0.39 is 0 Å². The van der Waals surface area contributed by atoms with Crippen LogP contribution in [0.5, 0.6) is 0 Å². The van der Waals surface area contributed by atoms with E-state index in [1.54, 1.807) is 0 Å². The number of aromatic nitrogens is 2. The Morgan fingerprint density at radius 3 is 2.33 bits per heavy atom. The molecule has 0 aliphatic carbocycles. The molecule has 0 aliphatic rings. The summed E-state index contributed by atoms with van der Waals surface area (Å²) in [5.74, 6) is 1.52. The van der Waals surface area contributed by atoms with Crippen LogP contribution in [0, 0.1) is 0 Å². The van der Waals surface area contributed by atoms with E-state index in [1.165, 1.54) is 0 Å². The predicted octanol–water partition coefficient (Wildman–Crippen LogP) is 4.61. The number of nitrogens with zero attached hydrogens (tertiary/aromatic N) is 2. The summed E-state index contributed by atoms with van der Waals surface area (Å²) in [6.07, 6.45) is 0. The van der Waals surface area contributed by atoms with Gasteiger partial charge in [0.2, 0.25) is 0 Å². The average Bonchev–Trinajstić information content (AvgIpc) is 2.55. The lowest BCUT2D eigenvalue weighted by atomic mass is 10.1. The largest absolute Gasteiger partial charge is 0.373 e. The Balaban J connectivity index is 2.17. The Morgan fingerprint density at radius 1 is 0.905 bits per heavy atom. The van der Waals surface area contributed by atoms with Gasteiger partial charge < -0.3 is 5.32 Å². The van der Waals surface area contributed by atoms with Gasteiger partial charge in [0.25, 0.3) is 0 Å². The van der Waals surface area contributed by atoms with Crippen LogP contribution < -0.4 is 5.32 Å². The van der Waals surface area contributed by atoms with Gasteiger partial charge in [-0.25, -0.2) is 9.97 Å². The Bertz CT molecular complexity index is 757. The van der Waals surface area contributed by atoms with Crippen LogP contribution in [0.25, 0.3) is 22.6 Å². The standard InChI is InChI=1S/C17H14BrN3/c1-19-16-11-15(13-9-5-6-10-14(13)18)20-17(21-16)12-7-3-2-4-8-12/h2-11H,1H3,(H,19,20,21). The number of rotatable bonds is 3. The zero-order chi connectivity index (χ0) is 14.7. The maximum Gasteiger partial charge on any atom is 0.162 e. The summed E-state index contributed by atoms with van der Waals surface area (Å²) >= 11 is 3.58. The van der Waals surface area contributed by atoms with Gasteiger partial charge in [-0.2, -0.15) is 0 Å². The lowest BCUT2D eigenvalue weighted by Gasteiger charge is -2.09. The van der Waals surface area contributed by atoms with Crippen molar-refractivity contribution in [3.8, 4) is 22.6 Å². The second kappa shape index (κ2) is 6.06. The van der Waals surface area contributed by atoms with Gasteiger partial charge in [0.1, 0.15) is 5.82 Å². The maximum absolute atomic E-state index is 4.70. The average molecular weight is 340 g/mol. The molecule has 3 nitrogen and oxygen atoms in total. The second-order valence-corrected chi connectivity index (χ2v) is 5.41. The van der Waals surface area contributed by atoms with Crippen molar-refractivity contribution in [1.82, 2.24) is 9.97 Å². The molecule has 104 valence electrons. The molecule has 0 saturated heterocycles. The molecule has 0 amide bonds. The molecule has 3 rings (SSSR count). The van der Waals surface area contributed by atoms with Crippen molar-refractivity contribution in [2.75, 3.05) is 12.4 Å². The minimum absolute atomic E-state index is 0.716. The van der Waals surface area contributed by atoms with Gasteiger partial charge in [-0.3, -0.25) is 0 Å². The smallest absolute Gasteiger partial charge is 0.162 e. The molecule has 1 heterocycles. The highest BCUT2D eigenvalue weighted by Gasteiger charge is 2.09. The first-order chi connectivity index (χ1) is 10.3. The summed E-state index contributed by atoms with van der Waals surface area (Å²) in [5, 5.41) is 3.10. The molecule has 1 aromatic heterocycles. The molecule has 0 fully saturated rings. The summed E-state index contributed by atoms with van der Waals surface area (Å²) in [4.78, 5) is 9.24. The van der Waals surface area contributed by atoms with Crippen LogP contribution >= 0.6 is 15.9 Å². The van der Waals surface area contributed by atoms with Crippen molar-refractivity contribution in [1.29, 1.82) is 0 Å². The third-order valence-electron chi connectivity index (χ3n) is 3.16. The zero-order valence-corrected chi connectivity index (χ0v) is 13.1. The highest BCUT2D eigenvalue weighted by molar-refractivity contribution is 9.10. The van der Waals surface area contributed by atoms with Gasteiger partial charge in [-0.15, -0.1) is 0 Å². The molecule has 0 unspecified atom stereocenters.